The van der Waals surface area contributed by atoms with Crippen LogP contribution in [0.5, 0.6) is 0 Å². The van der Waals surface area contributed by atoms with Crippen LogP contribution >= 0.6 is 11.3 Å². The van der Waals surface area contributed by atoms with Gasteiger partial charge in [0.2, 0.25) is 0 Å². The van der Waals surface area contributed by atoms with Crippen LogP contribution in [0.1, 0.15) is 21.3 Å². The van der Waals surface area contributed by atoms with Gasteiger partial charge in [0.25, 0.3) is 5.91 Å². The highest BCUT2D eigenvalue weighted by atomic mass is 32.1. The zero-order valence-corrected chi connectivity index (χ0v) is 13.9. The van der Waals surface area contributed by atoms with E-state index < -0.39 is 0 Å². The molecule has 0 spiro atoms. The van der Waals surface area contributed by atoms with Gasteiger partial charge in [-0.15, -0.1) is 11.3 Å². The highest BCUT2D eigenvalue weighted by Gasteiger charge is 2.14. The lowest BCUT2D eigenvalue weighted by Gasteiger charge is -2.14. The number of aromatic nitrogens is 3. The first-order valence-corrected chi connectivity index (χ1v) is 8.22. The Kier molecular flexibility index (Phi) is 5.25. The lowest BCUT2D eigenvalue weighted by molar-refractivity contribution is 0.0837. The fourth-order valence-corrected chi connectivity index (χ4v) is 2.95. The van der Waals surface area contributed by atoms with Crippen LogP contribution in [0.2, 0.25) is 0 Å². The van der Waals surface area contributed by atoms with Gasteiger partial charge in [-0.1, -0.05) is 6.07 Å². The van der Waals surface area contributed by atoms with E-state index in [0.717, 1.165) is 10.4 Å². The molecule has 0 saturated heterocycles. The summed E-state index contributed by atoms with van der Waals surface area (Å²) in [4.78, 5) is 25.8. The van der Waals surface area contributed by atoms with E-state index >= 15 is 0 Å². The van der Waals surface area contributed by atoms with Gasteiger partial charge in [0.05, 0.1) is 5.56 Å². The van der Waals surface area contributed by atoms with Gasteiger partial charge in [0.15, 0.2) is 5.82 Å². The van der Waals surface area contributed by atoms with Gasteiger partial charge in [0.1, 0.15) is 6.10 Å². The van der Waals surface area contributed by atoms with Crippen molar-refractivity contribution in [1.82, 2.24) is 20.3 Å². The number of pyridine rings is 1. The first-order chi connectivity index (χ1) is 11.8. The third-order valence-electron chi connectivity index (χ3n) is 3.43. The van der Waals surface area contributed by atoms with Gasteiger partial charge in [-0.3, -0.25) is 9.78 Å². The molecule has 24 heavy (non-hydrogen) atoms. The zero-order valence-electron chi connectivity index (χ0n) is 13.0. The first kappa shape index (κ1) is 16.2. The largest absolute Gasteiger partial charge is 0.374 e. The summed E-state index contributed by atoms with van der Waals surface area (Å²) in [6, 6.07) is 7.62. The molecule has 0 bridgehead atoms. The molecule has 3 aromatic heterocycles. The fraction of sp³-hybridized carbons (Fsp3) is 0.176. The van der Waals surface area contributed by atoms with Crippen molar-refractivity contribution in [2.24, 2.45) is 0 Å². The Morgan fingerprint density at radius 1 is 1.25 bits per heavy atom. The summed E-state index contributed by atoms with van der Waals surface area (Å²) < 4.78 is 5.42. The Morgan fingerprint density at radius 2 is 2.08 bits per heavy atom. The Hall–Kier alpha value is -2.64. The topological polar surface area (TPSA) is 77.0 Å². The molecule has 1 atom stereocenters. The summed E-state index contributed by atoms with van der Waals surface area (Å²) in [6.45, 7) is 0.389. The molecule has 0 aliphatic rings. The van der Waals surface area contributed by atoms with E-state index in [0.29, 0.717) is 17.9 Å². The van der Waals surface area contributed by atoms with Crippen LogP contribution in [0, 0.1) is 0 Å². The number of hydrogen-bond acceptors (Lipinski definition) is 6. The van der Waals surface area contributed by atoms with E-state index in [1.807, 2.05) is 29.6 Å². The summed E-state index contributed by atoms with van der Waals surface area (Å²) in [7, 11) is 1.63. The van der Waals surface area contributed by atoms with Crippen LogP contribution in [-0.4, -0.2) is 34.5 Å². The maximum absolute atomic E-state index is 12.2. The molecule has 0 unspecified atom stereocenters. The highest BCUT2D eigenvalue weighted by molar-refractivity contribution is 7.10. The zero-order chi connectivity index (χ0) is 16.8. The monoisotopic (exact) mass is 340 g/mol. The van der Waals surface area contributed by atoms with Crippen molar-refractivity contribution in [2.45, 2.75) is 6.10 Å². The molecule has 3 heterocycles. The van der Waals surface area contributed by atoms with E-state index in [1.165, 1.54) is 12.4 Å². The van der Waals surface area contributed by atoms with Crippen LogP contribution in [0.4, 0.5) is 0 Å². The Bertz CT molecular complexity index is 776. The molecule has 0 aliphatic heterocycles. The number of rotatable bonds is 6. The smallest absolute Gasteiger partial charge is 0.254 e. The minimum Gasteiger partial charge on any atom is -0.374 e. The molecule has 6 nitrogen and oxygen atoms in total. The second-order valence-corrected chi connectivity index (χ2v) is 5.97. The van der Waals surface area contributed by atoms with E-state index in [-0.39, 0.29) is 12.0 Å². The third-order valence-corrected chi connectivity index (χ3v) is 4.39. The molecule has 3 aromatic rings. The van der Waals surface area contributed by atoms with Crippen molar-refractivity contribution < 1.29 is 9.53 Å². The van der Waals surface area contributed by atoms with E-state index in [1.54, 1.807) is 30.8 Å². The second-order valence-electron chi connectivity index (χ2n) is 4.99. The minimum absolute atomic E-state index is 0.162. The normalized spacial score (nSPS) is 11.9. The Morgan fingerprint density at radius 3 is 2.71 bits per heavy atom. The molecular formula is C17H16N4O2S. The van der Waals surface area contributed by atoms with Gasteiger partial charge in [0, 0.05) is 48.9 Å². The Balaban J connectivity index is 1.63. The van der Waals surface area contributed by atoms with Crippen molar-refractivity contribution in [2.75, 3.05) is 13.7 Å². The van der Waals surface area contributed by atoms with Gasteiger partial charge < -0.3 is 10.1 Å². The maximum atomic E-state index is 12.2. The molecule has 0 aromatic carbocycles. The third kappa shape index (κ3) is 3.81. The second kappa shape index (κ2) is 7.76. The average Bonchev–Trinajstić information content (AvgIpc) is 3.17. The number of carbonyl (C=O) groups excluding carboxylic acids is 1. The highest BCUT2D eigenvalue weighted by Crippen LogP contribution is 2.21. The van der Waals surface area contributed by atoms with Crippen LogP contribution in [-0.2, 0) is 4.74 Å². The summed E-state index contributed by atoms with van der Waals surface area (Å²) in [5.74, 6) is 0.305. The van der Waals surface area contributed by atoms with Crippen LogP contribution in [0.25, 0.3) is 11.4 Å². The number of ether oxygens (including phenoxy) is 1. The van der Waals surface area contributed by atoms with Gasteiger partial charge >= 0.3 is 0 Å². The number of amides is 1. The lowest BCUT2D eigenvalue weighted by atomic mass is 10.2. The molecule has 3 rings (SSSR count). The first-order valence-electron chi connectivity index (χ1n) is 7.35. The van der Waals surface area contributed by atoms with E-state index in [2.05, 4.69) is 20.3 Å². The molecule has 0 fully saturated rings. The van der Waals surface area contributed by atoms with Crippen molar-refractivity contribution in [3.63, 3.8) is 0 Å². The lowest BCUT2D eigenvalue weighted by Crippen LogP contribution is -2.29. The fourth-order valence-electron chi connectivity index (χ4n) is 2.15. The van der Waals surface area contributed by atoms with E-state index in [9.17, 15) is 4.79 Å². The van der Waals surface area contributed by atoms with Crippen LogP contribution in [0.3, 0.4) is 0 Å². The number of nitrogens with zero attached hydrogens (tertiary/aromatic N) is 3. The summed E-state index contributed by atoms with van der Waals surface area (Å²) in [5, 5.41) is 4.83. The predicted molar refractivity (Wildman–Crippen MR) is 91.7 cm³/mol. The SMILES string of the molecule is CO[C@@H](CNC(=O)c1cnc(-c2cccnc2)nc1)c1cccs1. The van der Waals surface area contributed by atoms with Gasteiger partial charge in [-0.2, -0.15) is 0 Å². The number of thiophene rings is 1. The van der Waals surface area contributed by atoms with Gasteiger partial charge in [-0.05, 0) is 23.6 Å². The molecule has 122 valence electrons. The number of carbonyl (C=O) groups is 1. The molecular weight excluding hydrogens is 324 g/mol. The minimum atomic E-state index is -0.230. The van der Waals surface area contributed by atoms with Crippen LogP contribution in [0.15, 0.2) is 54.4 Å². The van der Waals surface area contributed by atoms with Crippen molar-refractivity contribution in [3.8, 4) is 11.4 Å². The van der Waals surface area contributed by atoms with Crippen LogP contribution < -0.4 is 5.32 Å². The molecule has 1 N–H and O–H groups in total. The molecule has 0 aliphatic carbocycles. The average molecular weight is 340 g/mol. The van der Waals surface area contributed by atoms with E-state index in [4.69, 9.17) is 4.74 Å². The molecule has 0 saturated carbocycles. The van der Waals surface area contributed by atoms with Crippen molar-refractivity contribution >= 4 is 17.2 Å². The molecule has 1 amide bonds. The maximum Gasteiger partial charge on any atom is 0.254 e. The van der Waals surface area contributed by atoms with Crippen molar-refractivity contribution in [3.05, 3.63) is 64.9 Å². The summed E-state index contributed by atoms with van der Waals surface area (Å²) in [6.07, 6.45) is 6.23. The molecule has 0 radical (unpaired) electrons. The number of hydrogen-bond donors (Lipinski definition) is 1. The predicted octanol–water partition coefficient (Wildman–Crippen LogP) is 2.72. The Labute approximate surface area is 143 Å². The van der Waals surface area contributed by atoms with Gasteiger partial charge in [-0.25, -0.2) is 9.97 Å². The quantitative estimate of drug-likeness (QED) is 0.746. The summed E-state index contributed by atoms with van der Waals surface area (Å²) in [5.41, 5.74) is 1.21. The number of methoxy groups -OCH3 is 1. The number of nitrogens with one attached hydrogen (secondary N) is 1. The molecule has 7 heteroatoms. The van der Waals surface area contributed by atoms with Crippen molar-refractivity contribution in [1.29, 1.82) is 0 Å². The summed E-state index contributed by atoms with van der Waals surface area (Å²) >= 11 is 1.60. The standard InChI is InChI=1S/C17H16N4O2S/c1-23-14(15-5-3-7-24-15)11-21-17(22)13-9-19-16(20-10-13)12-4-2-6-18-8-12/h2-10,14H,11H2,1H3,(H,21,22)/t14-/m0/s1.